The van der Waals surface area contributed by atoms with Gasteiger partial charge in [0, 0.05) is 31.1 Å². The number of nitrogens with zero attached hydrogens (tertiary/aromatic N) is 3. The molecule has 43 heavy (non-hydrogen) atoms. The van der Waals surface area contributed by atoms with Crippen LogP contribution in [0, 0.1) is 0 Å². The second-order valence-corrected chi connectivity index (χ2v) is 12.2. The first-order chi connectivity index (χ1) is 21.1. The predicted molar refractivity (Wildman–Crippen MR) is 163 cm³/mol. The van der Waals surface area contributed by atoms with Crippen LogP contribution in [0.2, 0.25) is 0 Å². The number of carbonyl (C=O) groups is 2. The molecule has 0 unspecified atom stereocenters. The molecule has 0 aromatic heterocycles. The van der Waals surface area contributed by atoms with Gasteiger partial charge in [-0.3, -0.25) is 14.5 Å². The molecule has 4 atom stereocenters. The van der Waals surface area contributed by atoms with E-state index >= 15 is 0 Å². The van der Waals surface area contributed by atoms with Crippen LogP contribution in [0.1, 0.15) is 81.9 Å². The molecular weight excluding hydrogens is 542 g/mol. The molecule has 0 radical (unpaired) electrons. The van der Waals surface area contributed by atoms with Crippen molar-refractivity contribution in [1.29, 1.82) is 0 Å². The maximum Gasteiger partial charge on any atom is 0.266 e. The zero-order chi connectivity index (χ0) is 29.3. The number of likely N-dealkylation sites (tertiary alicyclic amines) is 2. The molecule has 224 valence electrons. The number of carbonyl (C=O) groups excluding carboxylic acids is 2. The Morgan fingerprint density at radius 1 is 0.744 bits per heavy atom. The molecule has 0 saturated carbocycles. The van der Waals surface area contributed by atoms with E-state index < -0.39 is 6.29 Å². The van der Waals surface area contributed by atoms with E-state index in [0.29, 0.717) is 22.9 Å². The first-order valence-electron chi connectivity index (χ1n) is 15.6. The summed E-state index contributed by atoms with van der Waals surface area (Å²) in [4.78, 5) is 32.5. The summed E-state index contributed by atoms with van der Waals surface area (Å²) in [5, 5.41) is 9.54. The number of aliphatic hydroxyl groups excluding tert-OH is 1. The van der Waals surface area contributed by atoms with E-state index in [1.165, 1.54) is 43.7 Å². The highest BCUT2D eigenvalue weighted by molar-refractivity contribution is 6.34. The van der Waals surface area contributed by atoms with Gasteiger partial charge in [-0.05, 0) is 80.7 Å². The number of hydrogen-bond acceptors (Lipinski definition) is 7. The lowest BCUT2D eigenvalue weighted by Gasteiger charge is -2.39. The van der Waals surface area contributed by atoms with Gasteiger partial charge in [0.15, 0.2) is 6.29 Å². The van der Waals surface area contributed by atoms with E-state index in [1.807, 2.05) is 36.4 Å². The lowest BCUT2D eigenvalue weighted by Crippen LogP contribution is -2.45. The van der Waals surface area contributed by atoms with Crippen LogP contribution in [-0.2, 0) is 16.1 Å². The fourth-order valence-corrected chi connectivity index (χ4v) is 7.10. The van der Waals surface area contributed by atoms with E-state index in [9.17, 15) is 14.7 Å². The summed E-state index contributed by atoms with van der Waals surface area (Å²) < 4.78 is 13.2. The Labute approximate surface area is 252 Å². The molecule has 4 heterocycles. The van der Waals surface area contributed by atoms with Crippen molar-refractivity contribution in [3.8, 4) is 0 Å². The van der Waals surface area contributed by atoms with Crippen molar-refractivity contribution in [1.82, 2.24) is 9.80 Å². The van der Waals surface area contributed by atoms with Gasteiger partial charge in [0.2, 0.25) is 0 Å². The van der Waals surface area contributed by atoms with Crippen molar-refractivity contribution in [2.45, 2.75) is 63.3 Å². The SMILES string of the molecule is O=C1c2ccccc2C(=O)N1c1ccc([C@@H]2O[C@H](CN3CCC[C@H]3CN3CCCC3)C[C@H](c3ccc(CO)cc3)O2)cc1. The molecule has 8 nitrogen and oxygen atoms in total. The first-order valence-corrected chi connectivity index (χ1v) is 15.6. The van der Waals surface area contributed by atoms with Gasteiger partial charge in [-0.1, -0.05) is 48.5 Å². The van der Waals surface area contributed by atoms with Crippen molar-refractivity contribution in [3.05, 3.63) is 101 Å². The van der Waals surface area contributed by atoms with Crippen molar-refractivity contribution in [2.24, 2.45) is 0 Å². The highest BCUT2D eigenvalue weighted by Gasteiger charge is 2.38. The molecule has 4 aliphatic rings. The predicted octanol–water partition coefficient (Wildman–Crippen LogP) is 5.09. The number of ether oxygens (including phenoxy) is 2. The summed E-state index contributed by atoms with van der Waals surface area (Å²) in [5.41, 5.74) is 4.16. The number of hydrogen-bond donors (Lipinski definition) is 1. The molecule has 3 aromatic rings. The number of amides is 2. The fraction of sp³-hybridized carbons (Fsp3) is 0.429. The van der Waals surface area contributed by atoms with Gasteiger partial charge in [0.05, 0.1) is 35.6 Å². The summed E-state index contributed by atoms with van der Waals surface area (Å²) in [7, 11) is 0. The zero-order valence-corrected chi connectivity index (χ0v) is 24.4. The molecule has 7 rings (SSSR count). The van der Waals surface area contributed by atoms with Gasteiger partial charge in [-0.15, -0.1) is 0 Å². The molecule has 3 aromatic carbocycles. The van der Waals surface area contributed by atoms with Crippen LogP contribution in [-0.4, -0.2) is 71.6 Å². The highest BCUT2D eigenvalue weighted by atomic mass is 16.7. The third kappa shape index (κ3) is 5.78. The largest absolute Gasteiger partial charge is 0.392 e. The second kappa shape index (κ2) is 12.3. The molecule has 2 amide bonds. The van der Waals surface area contributed by atoms with Gasteiger partial charge in [0.25, 0.3) is 11.8 Å². The normalized spacial score (nSPS) is 26.4. The molecule has 3 saturated heterocycles. The summed E-state index contributed by atoms with van der Waals surface area (Å²) in [5.74, 6) is -0.613. The van der Waals surface area contributed by atoms with Crippen LogP contribution in [0.5, 0.6) is 0 Å². The van der Waals surface area contributed by atoms with Crippen LogP contribution in [0.3, 0.4) is 0 Å². The molecule has 3 fully saturated rings. The third-order valence-corrected chi connectivity index (χ3v) is 9.44. The minimum absolute atomic E-state index is 0.00693. The Morgan fingerprint density at radius 2 is 1.42 bits per heavy atom. The van der Waals surface area contributed by atoms with Crippen molar-refractivity contribution in [3.63, 3.8) is 0 Å². The van der Waals surface area contributed by atoms with E-state index in [4.69, 9.17) is 9.47 Å². The minimum Gasteiger partial charge on any atom is -0.392 e. The summed E-state index contributed by atoms with van der Waals surface area (Å²) in [6.45, 7) is 5.52. The van der Waals surface area contributed by atoms with Gasteiger partial charge in [-0.2, -0.15) is 0 Å². The summed E-state index contributed by atoms with van der Waals surface area (Å²) >= 11 is 0. The Morgan fingerprint density at radius 3 is 2.09 bits per heavy atom. The van der Waals surface area contributed by atoms with Crippen LogP contribution < -0.4 is 4.90 Å². The number of benzene rings is 3. The van der Waals surface area contributed by atoms with Gasteiger partial charge < -0.3 is 19.5 Å². The number of rotatable bonds is 8. The lowest BCUT2D eigenvalue weighted by atomic mass is 9.99. The highest BCUT2D eigenvalue weighted by Crippen LogP contribution is 2.39. The minimum atomic E-state index is -0.586. The molecule has 1 N–H and O–H groups in total. The quantitative estimate of drug-likeness (QED) is 0.372. The number of aliphatic hydroxyl groups is 1. The fourth-order valence-electron chi connectivity index (χ4n) is 7.10. The van der Waals surface area contributed by atoms with Gasteiger partial charge in [-0.25, -0.2) is 4.90 Å². The average Bonchev–Trinajstić information content (AvgIpc) is 3.78. The van der Waals surface area contributed by atoms with E-state index in [0.717, 1.165) is 42.7 Å². The first kappa shape index (κ1) is 28.4. The van der Waals surface area contributed by atoms with E-state index in [1.54, 1.807) is 36.4 Å². The number of imide groups is 1. The van der Waals surface area contributed by atoms with Gasteiger partial charge >= 0.3 is 0 Å². The monoisotopic (exact) mass is 581 g/mol. The number of fused-ring (bicyclic) bond motifs is 1. The molecule has 0 aliphatic carbocycles. The standard InChI is InChI=1S/C35H39N3O5/c39-23-24-9-11-25(12-10-24)32-20-29(22-37-19-5-6-28(37)21-36-17-3-4-18-36)42-35(43-32)26-13-15-27(16-14-26)38-33(40)30-7-1-2-8-31(30)34(38)41/h1-2,7-16,28-29,32,35,39H,3-6,17-23H2/t28-,29-,32+,35+/m0/s1. The second-order valence-electron chi connectivity index (χ2n) is 12.2. The average molecular weight is 582 g/mol. The third-order valence-electron chi connectivity index (χ3n) is 9.44. The summed E-state index contributed by atoms with van der Waals surface area (Å²) in [6.07, 6.45) is 5.04. The Bertz CT molecular complexity index is 1420. The lowest BCUT2D eigenvalue weighted by molar-refractivity contribution is -0.253. The van der Waals surface area contributed by atoms with Crippen LogP contribution in [0.25, 0.3) is 0 Å². The zero-order valence-electron chi connectivity index (χ0n) is 24.4. The maximum absolute atomic E-state index is 13.0. The van der Waals surface area contributed by atoms with Crippen molar-refractivity contribution >= 4 is 17.5 Å². The molecular formula is C35H39N3O5. The van der Waals surface area contributed by atoms with E-state index in [2.05, 4.69) is 9.80 Å². The number of anilines is 1. The smallest absolute Gasteiger partial charge is 0.266 e. The van der Waals surface area contributed by atoms with Crippen LogP contribution in [0.4, 0.5) is 5.69 Å². The van der Waals surface area contributed by atoms with E-state index in [-0.39, 0.29) is 30.6 Å². The topological polar surface area (TPSA) is 82.6 Å². The van der Waals surface area contributed by atoms with Crippen LogP contribution in [0.15, 0.2) is 72.8 Å². The molecule has 0 bridgehead atoms. The summed E-state index contributed by atoms with van der Waals surface area (Å²) in [6, 6.07) is 22.8. The van der Waals surface area contributed by atoms with Gasteiger partial charge in [0.1, 0.15) is 0 Å². The Kier molecular flexibility index (Phi) is 8.12. The van der Waals surface area contributed by atoms with Crippen molar-refractivity contribution < 1.29 is 24.2 Å². The maximum atomic E-state index is 13.0. The Hall–Kier alpha value is -3.40. The Balaban J connectivity index is 1.10. The molecule has 0 spiro atoms. The van der Waals surface area contributed by atoms with Crippen molar-refractivity contribution in [2.75, 3.05) is 37.6 Å². The molecule has 8 heteroatoms. The van der Waals surface area contributed by atoms with Crippen LogP contribution >= 0.6 is 0 Å². The molecule has 4 aliphatic heterocycles.